The molecule has 1 aromatic heterocycles. The molecule has 7 nitrogen and oxygen atoms in total. The lowest BCUT2D eigenvalue weighted by molar-refractivity contribution is -0.149. The van der Waals surface area contributed by atoms with Crippen molar-refractivity contribution in [2.75, 3.05) is 18.1 Å². The molecular weight excluding hydrogens is 392 g/mol. The second-order valence-corrected chi connectivity index (χ2v) is 8.00. The Morgan fingerprint density at radius 2 is 1.90 bits per heavy atom. The number of aryl methyl sites for hydroxylation is 1. The van der Waals surface area contributed by atoms with Gasteiger partial charge in [0.2, 0.25) is 0 Å². The Morgan fingerprint density at radius 3 is 2.52 bits per heavy atom. The zero-order chi connectivity index (χ0) is 21.0. The number of esters is 2. The van der Waals surface area contributed by atoms with Crippen LogP contribution in [0.4, 0.5) is 5.13 Å². The van der Waals surface area contributed by atoms with Crippen molar-refractivity contribution in [1.29, 1.82) is 0 Å². The number of rotatable bonds is 8. The molecule has 0 unspecified atom stereocenters. The van der Waals surface area contributed by atoms with Crippen molar-refractivity contribution in [2.45, 2.75) is 33.7 Å². The number of carbonyl (C=O) groups is 3. The molecule has 2 aromatic rings. The molecule has 1 aliphatic rings. The van der Waals surface area contributed by atoms with Crippen LogP contribution < -0.4 is 4.90 Å². The van der Waals surface area contributed by atoms with Gasteiger partial charge in [-0.3, -0.25) is 14.5 Å². The average Bonchev–Trinajstić information content (AvgIpc) is 3.32. The van der Waals surface area contributed by atoms with Gasteiger partial charge < -0.3 is 9.47 Å². The highest BCUT2D eigenvalue weighted by Crippen LogP contribution is 2.38. The van der Waals surface area contributed by atoms with Crippen molar-refractivity contribution in [3.8, 4) is 0 Å². The van der Waals surface area contributed by atoms with Gasteiger partial charge in [-0.15, -0.1) is 0 Å². The summed E-state index contributed by atoms with van der Waals surface area (Å²) in [7, 11) is 0. The normalized spacial score (nSPS) is 17.5. The fraction of sp³-hybridized carbons (Fsp3) is 0.429. The Bertz CT molecular complexity index is 896. The van der Waals surface area contributed by atoms with Crippen LogP contribution in [0.1, 0.15) is 41.2 Å². The maximum absolute atomic E-state index is 12.9. The standard InChI is InChI=1S/C21H24N2O5S/c1-4-27-20(26)18-14(3)22-21(29-18)23(11-15-8-6-5-7-9-15)17(24)12-28-19(25)16-10-13(16)2/h5-9,13,16H,4,10-12H2,1-3H3/t13-,16+/m1/s1. The molecule has 0 saturated heterocycles. The highest BCUT2D eigenvalue weighted by molar-refractivity contribution is 7.17. The third kappa shape index (κ3) is 5.20. The molecule has 3 rings (SSSR count). The molecule has 1 aliphatic carbocycles. The molecule has 1 aromatic carbocycles. The van der Waals surface area contributed by atoms with E-state index in [4.69, 9.17) is 9.47 Å². The summed E-state index contributed by atoms with van der Waals surface area (Å²) in [5.74, 6) is -0.989. The van der Waals surface area contributed by atoms with Gasteiger partial charge in [0.1, 0.15) is 4.88 Å². The molecule has 1 amide bonds. The summed E-state index contributed by atoms with van der Waals surface area (Å²) in [6.07, 6.45) is 0.801. The van der Waals surface area contributed by atoms with Crippen LogP contribution in [0.25, 0.3) is 0 Å². The summed E-state index contributed by atoms with van der Waals surface area (Å²) in [6, 6.07) is 9.43. The van der Waals surface area contributed by atoms with E-state index in [1.54, 1.807) is 13.8 Å². The predicted molar refractivity (Wildman–Crippen MR) is 109 cm³/mol. The second kappa shape index (κ2) is 9.17. The predicted octanol–water partition coefficient (Wildman–Crippen LogP) is 3.36. The molecule has 1 fully saturated rings. The van der Waals surface area contributed by atoms with Crippen molar-refractivity contribution in [1.82, 2.24) is 4.98 Å². The van der Waals surface area contributed by atoms with E-state index in [9.17, 15) is 14.4 Å². The Morgan fingerprint density at radius 1 is 1.21 bits per heavy atom. The number of nitrogens with zero attached hydrogens (tertiary/aromatic N) is 2. The number of amides is 1. The van der Waals surface area contributed by atoms with E-state index in [1.165, 1.54) is 4.90 Å². The van der Waals surface area contributed by atoms with E-state index >= 15 is 0 Å². The lowest BCUT2D eigenvalue weighted by Crippen LogP contribution is -2.34. The molecule has 29 heavy (non-hydrogen) atoms. The van der Waals surface area contributed by atoms with Crippen LogP contribution >= 0.6 is 11.3 Å². The van der Waals surface area contributed by atoms with Gasteiger partial charge in [-0.05, 0) is 31.7 Å². The van der Waals surface area contributed by atoms with E-state index in [-0.39, 0.29) is 37.6 Å². The van der Waals surface area contributed by atoms with Crippen LogP contribution in [0.15, 0.2) is 30.3 Å². The summed E-state index contributed by atoms with van der Waals surface area (Å²) in [4.78, 5) is 43.2. The first-order chi connectivity index (χ1) is 13.9. The molecule has 0 radical (unpaired) electrons. The van der Waals surface area contributed by atoms with Crippen LogP contribution in [0.2, 0.25) is 0 Å². The number of thiazole rings is 1. The number of benzene rings is 1. The van der Waals surface area contributed by atoms with Gasteiger partial charge in [0.25, 0.3) is 5.91 Å². The first-order valence-electron chi connectivity index (χ1n) is 9.56. The van der Waals surface area contributed by atoms with E-state index in [0.29, 0.717) is 21.6 Å². The van der Waals surface area contributed by atoms with E-state index in [2.05, 4.69) is 4.98 Å². The van der Waals surface area contributed by atoms with E-state index in [1.807, 2.05) is 37.3 Å². The summed E-state index contributed by atoms with van der Waals surface area (Å²) in [5, 5.41) is 0.371. The lowest BCUT2D eigenvalue weighted by Gasteiger charge is -2.20. The Kier molecular flexibility index (Phi) is 6.64. The lowest BCUT2D eigenvalue weighted by atomic mass is 10.2. The van der Waals surface area contributed by atoms with Gasteiger partial charge in [-0.1, -0.05) is 48.6 Å². The van der Waals surface area contributed by atoms with E-state index < -0.39 is 5.97 Å². The second-order valence-electron chi connectivity index (χ2n) is 7.02. The topological polar surface area (TPSA) is 85.8 Å². The quantitative estimate of drug-likeness (QED) is 0.614. The van der Waals surface area contributed by atoms with E-state index in [0.717, 1.165) is 23.3 Å². The number of aromatic nitrogens is 1. The number of hydrogen-bond donors (Lipinski definition) is 0. The molecule has 154 valence electrons. The van der Waals surface area contributed by atoms with Crippen molar-refractivity contribution in [2.24, 2.45) is 11.8 Å². The average molecular weight is 416 g/mol. The zero-order valence-electron chi connectivity index (χ0n) is 16.7. The first kappa shape index (κ1) is 21.0. The first-order valence-corrected chi connectivity index (χ1v) is 10.4. The Balaban J connectivity index is 1.79. The van der Waals surface area contributed by atoms with Gasteiger partial charge >= 0.3 is 11.9 Å². The number of anilines is 1. The van der Waals surface area contributed by atoms with Gasteiger partial charge in [0, 0.05) is 0 Å². The molecule has 2 atom stereocenters. The van der Waals surface area contributed by atoms with Crippen molar-refractivity contribution < 1.29 is 23.9 Å². The molecule has 0 bridgehead atoms. The maximum atomic E-state index is 12.9. The molecule has 1 saturated carbocycles. The van der Waals surface area contributed by atoms with Crippen molar-refractivity contribution >= 4 is 34.3 Å². The smallest absolute Gasteiger partial charge is 0.350 e. The molecule has 0 aliphatic heterocycles. The Labute approximate surface area is 173 Å². The van der Waals surface area contributed by atoms with Crippen LogP contribution in [0.3, 0.4) is 0 Å². The highest BCUT2D eigenvalue weighted by Gasteiger charge is 2.41. The fourth-order valence-electron chi connectivity index (χ4n) is 2.88. The summed E-state index contributed by atoms with van der Waals surface area (Å²) < 4.78 is 10.3. The SMILES string of the molecule is CCOC(=O)c1sc(N(Cc2ccccc2)C(=O)COC(=O)[C@H]2C[C@H]2C)nc1C. The molecule has 1 heterocycles. The van der Waals surface area contributed by atoms with Crippen LogP contribution in [0, 0.1) is 18.8 Å². The largest absolute Gasteiger partial charge is 0.462 e. The Hall–Kier alpha value is -2.74. The summed E-state index contributed by atoms with van der Waals surface area (Å²) in [5.41, 5.74) is 1.40. The molecular formula is C21H24N2O5S. The van der Waals surface area contributed by atoms with Gasteiger partial charge in [-0.2, -0.15) is 0 Å². The van der Waals surface area contributed by atoms with Crippen LogP contribution in [-0.2, 0) is 25.6 Å². The molecule has 0 spiro atoms. The van der Waals surface area contributed by atoms with Crippen LogP contribution in [-0.4, -0.2) is 36.0 Å². The monoisotopic (exact) mass is 416 g/mol. The third-order valence-electron chi connectivity index (χ3n) is 4.71. The minimum absolute atomic E-state index is 0.108. The fourth-order valence-corrected chi connectivity index (χ4v) is 3.86. The highest BCUT2D eigenvalue weighted by atomic mass is 32.1. The summed E-state index contributed by atoms with van der Waals surface area (Å²) >= 11 is 1.10. The number of carbonyl (C=O) groups excluding carboxylic acids is 3. The molecule has 8 heteroatoms. The third-order valence-corrected chi connectivity index (χ3v) is 5.87. The van der Waals surface area contributed by atoms with Crippen molar-refractivity contribution in [3.05, 3.63) is 46.5 Å². The molecule has 0 N–H and O–H groups in total. The maximum Gasteiger partial charge on any atom is 0.350 e. The van der Waals surface area contributed by atoms with Crippen molar-refractivity contribution in [3.63, 3.8) is 0 Å². The van der Waals surface area contributed by atoms with Gasteiger partial charge in [0.15, 0.2) is 11.7 Å². The summed E-state index contributed by atoms with van der Waals surface area (Å²) in [6.45, 7) is 5.56. The minimum Gasteiger partial charge on any atom is -0.462 e. The van der Waals surface area contributed by atoms with Gasteiger partial charge in [0.05, 0.1) is 24.8 Å². The number of ether oxygens (including phenoxy) is 2. The zero-order valence-corrected chi connectivity index (χ0v) is 17.5. The minimum atomic E-state index is -0.463. The van der Waals surface area contributed by atoms with Gasteiger partial charge in [-0.25, -0.2) is 9.78 Å². The number of hydrogen-bond acceptors (Lipinski definition) is 7. The van der Waals surface area contributed by atoms with Crippen LogP contribution in [0.5, 0.6) is 0 Å².